The number of carbonyl (C=O) groups is 3. The van der Waals surface area contributed by atoms with Gasteiger partial charge in [0.2, 0.25) is 11.8 Å². The molecule has 0 aromatic heterocycles. The molecule has 1 aliphatic carbocycles. The van der Waals surface area contributed by atoms with E-state index in [1.54, 1.807) is 0 Å². The van der Waals surface area contributed by atoms with Crippen molar-refractivity contribution < 1.29 is 32.3 Å². The molecule has 2 aliphatic heterocycles. The van der Waals surface area contributed by atoms with Gasteiger partial charge in [-0.1, -0.05) is 0 Å². The average Bonchev–Trinajstić information content (AvgIpc) is 3.19. The number of rotatable bonds is 7. The molecule has 2 heterocycles. The molecule has 152 valence electrons. The molecule has 27 heavy (non-hydrogen) atoms. The number of amides is 2. The molecule has 0 aromatic rings. The SMILES string of the molecule is NC(=O)C1CC2(CCC2[C@H](C[C@H]2CCNC2=O)C(=O)COC(F)(F)F)CN1. The number of ether oxygens (including phenoxy) is 1. The normalized spacial score (nSPS) is 34.3. The van der Waals surface area contributed by atoms with E-state index in [9.17, 15) is 27.6 Å². The summed E-state index contributed by atoms with van der Waals surface area (Å²) in [6, 6.07) is -0.496. The molecule has 3 fully saturated rings. The highest BCUT2D eigenvalue weighted by atomic mass is 19.4. The molecule has 1 spiro atoms. The number of alkyl halides is 3. The molecule has 0 radical (unpaired) electrons. The molecular formula is C17H24F3N3O4. The van der Waals surface area contributed by atoms with Gasteiger partial charge in [0.25, 0.3) is 0 Å². The van der Waals surface area contributed by atoms with Crippen molar-refractivity contribution in [1.29, 1.82) is 0 Å². The van der Waals surface area contributed by atoms with Crippen LogP contribution in [0.1, 0.15) is 32.1 Å². The Balaban J connectivity index is 1.74. The number of nitrogens with two attached hydrogens (primary N) is 1. The first-order valence-electron chi connectivity index (χ1n) is 9.15. The Bertz CT molecular complexity index is 627. The van der Waals surface area contributed by atoms with Crippen LogP contribution in [0.5, 0.6) is 0 Å². The Morgan fingerprint density at radius 1 is 1.33 bits per heavy atom. The zero-order valence-electron chi connectivity index (χ0n) is 14.8. The van der Waals surface area contributed by atoms with Gasteiger partial charge in [-0.05, 0) is 43.4 Å². The molecular weight excluding hydrogens is 367 g/mol. The standard InChI is InChI=1S/C17H24F3N3O4/c18-17(19,20)27-7-13(24)10(5-9-2-4-22-15(9)26)11-1-3-16(11)6-12(14(21)25)23-8-16/h9-12,23H,1-8H2,(H2,21,25)(H,22,26)/t9-,10+,11?,12?,16?/m1/s1. The highest BCUT2D eigenvalue weighted by Gasteiger charge is 2.56. The number of primary amides is 1. The summed E-state index contributed by atoms with van der Waals surface area (Å²) in [5, 5.41) is 5.75. The second kappa shape index (κ2) is 7.38. The van der Waals surface area contributed by atoms with E-state index in [1.165, 1.54) is 0 Å². The van der Waals surface area contributed by atoms with Gasteiger partial charge in [0.1, 0.15) is 6.61 Å². The molecule has 3 aliphatic rings. The lowest BCUT2D eigenvalue weighted by atomic mass is 9.53. The summed E-state index contributed by atoms with van der Waals surface area (Å²) in [6.07, 6.45) is -2.20. The molecule has 0 aromatic carbocycles. The number of halogens is 3. The summed E-state index contributed by atoms with van der Waals surface area (Å²) in [7, 11) is 0. The molecule has 4 N–H and O–H groups in total. The largest absolute Gasteiger partial charge is 0.522 e. The number of Topliss-reactive ketones (excluding diaryl/α,β-unsaturated/α-hetero) is 1. The van der Waals surface area contributed by atoms with Crippen LogP contribution in [0.4, 0.5) is 13.2 Å². The van der Waals surface area contributed by atoms with Crippen LogP contribution in [-0.4, -0.2) is 49.7 Å². The highest BCUT2D eigenvalue weighted by Crippen LogP contribution is 2.56. The molecule has 1 saturated carbocycles. The van der Waals surface area contributed by atoms with Crippen LogP contribution in [0.2, 0.25) is 0 Å². The topological polar surface area (TPSA) is 111 Å². The van der Waals surface area contributed by atoms with Gasteiger partial charge in [-0.2, -0.15) is 0 Å². The van der Waals surface area contributed by atoms with E-state index in [2.05, 4.69) is 15.4 Å². The third kappa shape index (κ3) is 4.26. The summed E-state index contributed by atoms with van der Waals surface area (Å²) < 4.78 is 40.9. The molecule has 3 rings (SSSR count). The van der Waals surface area contributed by atoms with Crippen molar-refractivity contribution in [3.8, 4) is 0 Å². The van der Waals surface area contributed by atoms with Crippen molar-refractivity contribution in [3.63, 3.8) is 0 Å². The van der Waals surface area contributed by atoms with E-state index in [0.717, 1.165) is 6.42 Å². The first-order valence-corrected chi connectivity index (χ1v) is 9.15. The van der Waals surface area contributed by atoms with E-state index >= 15 is 0 Å². The van der Waals surface area contributed by atoms with Gasteiger partial charge in [-0.25, -0.2) is 0 Å². The maximum Gasteiger partial charge on any atom is 0.522 e. The highest BCUT2D eigenvalue weighted by molar-refractivity contribution is 5.85. The molecule has 5 atom stereocenters. The quantitative estimate of drug-likeness (QED) is 0.585. The Morgan fingerprint density at radius 2 is 2.07 bits per heavy atom. The van der Waals surface area contributed by atoms with Crippen LogP contribution in [-0.2, 0) is 19.1 Å². The van der Waals surface area contributed by atoms with Crippen LogP contribution in [0, 0.1) is 23.2 Å². The number of hydrogen-bond donors (Lipinski definition) is 3. The second-order valence-corrected chi connectivity index (χ2v) is 7.87. The van der Waals surface area contributed by atoms with Gasteiger partial charge in [-0.15, -0.1) is 13.2 Å². The summed E-state index contributed by atoms with van der Waals surface area (Å²) in [4.78, 5) is 36.0. The summed E-state index contributed by atoms with van der Waals surface area (Å²) in [6.45, 7) is -0.0572. The maximum atomic E-state index is 12.6. The number of ketones is 1. The fourth-order valence-electron chi connectivity index (χ4n) is 4.86. The minimum Gasteiger partial charge on any atom is -0.368 e. The fraction of sp³-hybridized carbons (Fsp3) is 0.824. The predicted octanol–water partition coefficient (Wildman–Crippen LogP) is 0.478. The van der Waals surface area contributed by atoms with Gasteiger partial charge in [0, 0.05) is 24.9 Å². The minimum atomic E-state index is -4.88. The second-order valence-electron chi connectivity index (χ2n) is 7.87. The van der Waals surface area contributed by atoms with Gasteiger partial charge in [-0.3, -0.25) is 19.1 Å². The van der Waals surface area contributed by atoms with Crippen LogP contribution in [0.15, 0.2) is 0 Å². The lowest BCUT2D eigenvalue weighted by Crippen LogP contribution is -2.49. The van der Waals surface area contributed by atoms with Gasteiger partial charge in [0.05, 0.1) is 6.04 Å². The van der Waals surface area contributed by atoms with Crippen LogP contribution in [0.25, 0.3) is 0 Å². The summed E-state index contributed by atoms with van der Waals surface area (Å²) in [5.41, 5.74) is 5.02. The Labute approximate surface area is 154 Å². The molecule has 7 nitrogen and oxygen atoms in total. The zero-order chi connectivity index (χ0) is 19.8. The Kier molecular flexibility index (Phi) is 5.49. The Morgan fingerprint density at radius 3 is 2.56 bits per heavy atom. The van der Waals surface area contributed by atoms with E-state index in [4.69, 9.17) is 5.73 Å². The van der Waals surface area contributed by atoms with Crippen molar-refractivity contribution >= 4 is 17.6 Å². The zero-order valence-corrected chi connectivity index (χ0v) is 14.8. The van der Waals surface area contributed by atoms with Crippen LogP contribution < -0.4 is 16.4 Å². The first kappa shape index (κ1) is 20.1. The minimum absolute atomic E-state index is 0.169. The van der Waals surface area contributed by atoms with E-state index in [1.807, 2.05) is 0 Å². The fourth-order valence-corrected chi connectivity index (χ4v) is 4.86. The predicted molar refractivity (Wildman–Crippen MR) is 87.0 cm³/mol. The van der Waals surface area contributed by atoms with E-state index in [0.29, 0.717) is 32.4 Å². The maximum absolute atomic E-state index is 12.6. The third-order valence-corrected chi connectivity index (χ3v) is 6.37. The molecule has 2 saturated heterocycles. The lowest BCUT2D eigenvalue weighted by molar-refractivity contribution is -0.321. The van der Waals surface area contributed by atoms with E-state index < -0.39 is 36.6 Å². The van der Waals surface area contributed by atoms with Crippen molar-refractivity contribution in [2.45, 2.75) is 44.5 Å². The van der Waals surface area contributed by atoms with Crippen molar-refractivity contribution in [1.82, 2.24) is 10.6 Å². The molecule has 10 heteroatoms. The van der Waals surface area contributed by atoms with Crippen molar-refractivity contribution in [2.75, 3.05) is 19.7 Å². The summed E-state index contributed by atoms with van der Waals surface area (Å²) in [5.74, 6) is -2.56. The van der Waals surface area contributed by atoms with Crippen LogP contribution in [0.3, 0.4) is 0 Å². The number of nitrogens with one attached hydrogen (secondary N) is 2. The first-order chi connectivity index (χ1) is 12.6. The Hall–Kier alpha value is -1.68. The number of hydrogen-bond acceptors (Lipinski definition) is 5. The lowest BCUT2D eigenvalue weighted by Gasteiger charge is -2.50. The molecule has 0 bridgehead atoms. The number of carbonyl (C=O) groups excluding carboxylic acids is 3. The van der Waals surface area contributed by atoms with Gasteiger partial charge < -0.3 is 16.4 Å². The molecule has 3 unspecified atom stereocenters. The van der Waals surface area contributed by atoms with Crippen molar-refractivity contribution in [3.05, 3.63) is 0 Å². The molecule has 2 amide bonds. The third-order valence-electron chi connectivity index (χ3n) is 6.37. The van der Waals surface area contributed by atoms with E-state index in [-0.39, 0.29) is 29.6 Å². The summed E-state index contributed by atoms with van der Waals surface area (Å²) >= 11 is 0. The average molecular weight is 391 g/mol. The van der Waals surface area contributed by atoms with Gasteiger partial charge >= 0.3 is 6.36 Å². The van der Waals surface area contributed by atoms with Crippen LogP contribution >= 0.6 is 0 Å². The smallest absolute Gasteiger partial charge is 0.368 e. The monoisotopic (exact) mass is 391 g/mol. The van der Waals surface area contributed by atoms with Gasteiger partial charge in [0.15, 0.2) is 5.78 Å². The van der Waals surface area contributed by atoms with Crippen molar-refractivity contribution in [2.24, 2.45) is 28.9 Å².